The Balaban J connectivity index is 2.60. The fourth-order valence-electron chi connectivity index (χ4n) is 2.00. The van der Waals surface area contributed by atoms with Gasteiger partial charge in [-0.3, -0.25) is 9.59 Å². The molecule has 24 heavy (non-hydrogen) atoms. The summed E-state index contributed by atoms with van der Waals surface area (Å²) in [5.41, 5.74) is 0.732. The van der Waals surface area contributed by atoms with E-state index in [2.05, 4.69) is 5.32 Å². The van der Waals surface area contributed by atoms with E-state index in [9.17, 15) is 14.4 Å². The van der Waals surface area contributed by atoms with Gasteiger partial charge >= 0.3 is 12.1 Å². The van der Waals surface area contributed by atoms with Gasteiger partial charge in [0.05, 0.1) is 6.04 Å². The van der Waals surface area contributed by atoms with E-state index in [0.29, 0.717) is 5.02 Å². The summed E-state index contributed by atoms with van der Waals surface area (Å²) in [6.07, 6.45) is -0.403. The summed E-state index contributed by atoms with van der Waals surface area (Å²) in [7, 11) is 0. The van der Waals surface area contributed by atoms with E-state index in [-0.39, 0.29) is 37.6 Å². The molecule has 0 saturated heterocycles. The van der Waals surface area contributed by atoms with E-state index in [1.165, 1.54) is 0 Å². The van der Waals surface area contributed by atoms with Gasteiger partial charge in [0.25, 0.3) is 0 Å². The Morgan fingerprint density at radius 3 is 2.33 bits per heavy atom. The van der Waals surface area contributed by atoms with Crippen molar-refractivity contribution in [2.75, 3.05) is 6.61 Å². The van der Waals surface area contributed by atoms with Crippen LogP contribution in [-0.2, 0) is 14.3 Å². The summed E-state index contributed by atoms with van der Waals surface area (Å²) >= 11 is 5.84. The van der Waals surface area contributed by atoms with Crippen molar-refractivity contribution in [2.45, 2.75) is 39.2 Å². The van der Waals surface area contributed by atoms with Crippen LogP contribution in [0.25, 0.3) is 0 Å². The second-order valence-corrected chi connectivity index (χ2v) is 6.12. The first-order valence-corrected chi connectivity index (χ1v) is 8.10. The van der Waals surface area contributed by atoms with Gasteiger partial charge in [-0.2, -0.15) is 0 Å². The number of carbonyl (C=O) groups is 3. The van der Waals surface area contributed by atoms with Gasteiger partial charge in [-0.1, -0.05) is 37.6 Å². The molecule has 1 amide bonds. The number of amides is 1. The van der Waals surface area contributed by atoms with Gasteiger partial charge in [0.15, 0.2) is 0 Å². The topological polar surface area (TPSA) is 92.7 Å². The number of aliphatic carboxylic acids is 1. The third-order valence-corrected chi connectivity index (χ3v) is 3.69. The van der Waals surface area contributed by atoms with Crippen LogP contribution in [0.2, 0.25) is 5.02 Å². The minimum atomic E-state index is -0.952. The minimum Gasteiger partial charge on any atom is -0.481 e. The number of ketones is 1. The van der Waals surface area contributed by atoms with Gasteiger partial charge < -0.3 is 15.2 Å². The van der Waals surface area contributed by atoms with Crippen molar-refractivity contribution in [3.8, 4) is 0 Å². The molecule has 1 atom stereocenters. The van der Waals surface area contributed by atoms with E-state index >= 15 is 0 Å². The molecule has 1 aromatic rings. The van der Waals surface area contributed by atoms with Crippen LogP contribution in [0.5, 0.6) is 0 Å². The summed E-state index contributed by atoms with van der Waals surface area (Å²) in [5, 5.41) is 12.0. The van der Waals surface area contributed by atoms with Crippen LogP contribution in [0.4, 0.5) is 4.79 Å². The van der Waals surface area contributed by atoms with Crippen LogP contribution in [0, 0.1) is 5.92 Å². The number of rotatable bonds is 9. The Labute approximate surface area is 146 Å². The zero-order valence-corrected chi connectivity index (χ0v) is 14.5. The van der Waals surface area contributed by atoms with Crippen molar-refractivity contribution in [3.63, 3.8) is 0 Å². The summed E-state index contributed by atoms with van der Waals surface area (Å²) in [6.45, 7) is 3.56. The molecule has 1 unspecified atom stereocenters. The minimum absolute atomic E-state index is 0.00485. The molecule has 0 saturated carbocycles. The zero-order valence-electron chi connectivity index (χ0n) is 13.8. The Kier molecular flexibility index (Phi) is 8.26. The smallest absolute Gasteiger partial charge is 0.407 e. The summed E-state index contributed by atoms with van der Waals surface area (Å²) in [6, 6.07) is 6.26. The molecule has 1 aromatic carbocycles. The quantitative estimate of drug-likeness (QED) is 0.706. The van der Waals surface area contributed by atoms with Gasteiger partial charge in [0.2, 0.25) is 0 Å². The molecule has 0 aromatic heterocycles. The summed E-state index contributed by atoms with van der Waals surface area (Å²) in [4.78, 5) is 34.1. The van der Waals surface area contributed by atoms with Crippen molar-refractivity contribution >= 4 is 29.4 Å². The van der Waals surface area contributed by atoms with Gasteiger partial charge in [0.1, 0.15) is 12.4 Å². The van der Waals surface area contributed by atoms with E-state index in [4.69, 9.17) is 21.4 Å². The van der Waals surface area contributed by atoms with Gasteiger partial charge in [-0.05, 0) is 24.1 Å². The van der Waals surface area contributed by atoms with E-state index in [1.54, 1.807) is 38.1 Å². The second-order valence-electron chi connectivity index (χ2n) is 5.69. The number of halogens is 1. The Morgan fingerprint density at radius 2 is 1.79 bits per heavy atom. The predicted octanol–water partition coefficient (Wildman–Crippen LogP) is 3.59. The van der Waals surface area contributed by atoms with E-state index < -0.39 is 18.1 Å². The van der Waals surface area contributed by atoms with Crippen molar-refractivity contribution < 1.29 is 24.2 Å². The number of hydrogen-bond acceptors (Lipinski definition) is 4. The van der Waals surface area contributed by atoms with Crippen LogP contribution in [0.15, 0.2) is 24.3 Å². The molecule has 7 heteroatoms. The zero-order chi connectivity index (χ0) is 18.1. The molecule has 0 heterocycles. The first-order chi connectivity index (χ1) is 11.3. The largest absolute Gasteiger partial charge is 0.481 e. The van der Waals surface area contributed by atoms with Crippen molar-refractivity contribution in [1.29, 1.82) is 0 Å². The van der Waals surface area contributed by atoms with Crippen LogP contribution < -0.4 is 5.32 Å². The highest BCUT2D eigenvalue weighted by Crippen LogP contribution is 2.21. The molecule has 0 bridgehead atoms. The number of carbonyl (C=O) groups excluding carboxylic acids is 2. The number of ether oxygens (including phenoxy) is 1. The second kappa shape index (κ2) is 9.93. The fraction of sp³-hybridized carbons (Fsp3) is 0.471. The normalized spacial score (nSPS) is 11.8. The molecular formula is C17H22ClNO5. The van der Waals surface area contributed by atoms with Crippen LogP contribution in [0.3, 0.4) is 0 Å². The highest BCUT2D eigenvalue weighted by molar-refractivity contribution is 6.30. The summed E-state index contributed by atoms with van der Waals surface area (Å²) in [5.74, 6) is -1.04. The molecule has 0 aliphatic rings. The molecule has 0 radical (unpaired) electrons. The standard InChI is InChI=1S/C17H22ClNO5/c1-11(2)15(20)9-10-24-17(23)19-14(7-8-16(21)22)12-3-5-13(18)6-4-12/h3-6,11,14H,7-10H2,1-2H3,(H,19,23)(H,21,22). The molecule has 0 aliphatic carbocycles. The maximum absolute atomic E-state index is 11.9. The van der Waals surface area contributed by atoms with Gasteiger partial charge in [-0.15, -0.1) is 0 Å². The number of nitrogens with one attached hydrogen (secondary N) is 1. The fourth-order valence-corrected chi connectivity index (χ4v) is 2.13. The van der Waals surface area contributed by atoms with Crippen LogP contribution in [0.1, 0.15) is 44.7 Å². The first kappa shape index (κ1) is 20.0. The van der Waals surface area contributed by atoms with E-state index in [0.717, 1.165) is 5.56 Å². The molecule has 2 N–H and O–H groups in total. The molecule has 0 aliphatic heterocycles. The Morgan fingerprint density at radius 1 is 1.17 bits per heavy atom. The lowest BCUT2D eigenvalue weighted by molar-refractivity contribution is -0.137. The lowest BCUT2D eigenvalue weighted by Crippen LogP contribution is -2.30. The monoisotopic (exact) mass is 355 g/mol. The van der Waals surface area contributed by atoms with Crippen molar-refractivity contribution in [3.05, 3.63) is 34.9 Å². The molecular weight excluding hydrogens is 334 g/mol. The molecule has 132 valence electrons. The molecule has 0 fully saturated rings. The maximum Gasteiger partial charge on any atom is 0.407 e. The van der Waals surface area contributed by atoms with Gasteiger partial charge in [-0.25, -0.2) is 4.79 Å². The average Bonchev–Trinajstić information content (AvgIpc) is 2.51. The summed E-state index contributed by atoms with van der Waals surface area (Å²) < 4.78 is 5.00. The Hall–Kier alpha value is -2.08. The SMILES string of the molecule is CC(C)C(=O)CCOC(=O)NC(CCC(=O)O)c1ccc(Cl)cc1. The number of Topliss-reactive ketones (excluding diaryl/α,β-unsaturated/α-hetero) is 1. The number of carboxylic acids is 1. The lowest BCUT2D eigenvalue weighted by Gasteiger charge is -2.18. The molecule has 1 rings (SSSR count). The van der Waals surface area contributed by atoms with Crippen molar-refractivity contribution in [1.82, 2.24) is 5.32 Å². The maximum atomic E-state index is 11.9. The Bertz CT molecular complexity index is 571. The molecule has 0 spiro atoms. The number of carboxylic acid groups (broad SMARTS) is 1. The number of hydrogen-bond donors (Lipinski definition) is 2. The third kappa shape index (κ3) is 7.46. The average molecular weight is 356 g/mol. The predicted molar refractivity (Wildman–Crippen MR) is 90.0 cm³/mol. The number of alkyl carbamates (subject to hydrolysis) is 1. The third-order valence-electron chi connectivity index (χ3n) is 3.44. The van der Waals surface area contributed by atoms with Gasteiger partial charge in [0, 0.05) is 23.8 Å². The highest BCUT2D eigenvalue weighted by Gasteiger charge is 2.17. The van der Waals surface area contributed by atoms with E-state index in [1.807, 2.05) is 0 Å². The van der Waals surface area contributed by atoms with Crippen molar-refractivity contribution in [2.24, 2.45) is 5.92 Å². The number of benzene rings is 1. The van der Waals surface area contributed by atoms with Crippen LogP contribution >= 0.6 is 11.6 Å². The molecule has 6 nitrogen and oxygen atoms in total. The highest BCUT2D eigenvalue weighted by atomic mass is 35.5. The first-order valence-electron chi connectivity index (χ1n) is 7.73. The van der Waals surface area contributed by atoms with Crippen LogP contribution in [-0.4, -0.2) is 29.6 Å². The lowest BCUT2D eigenvalue weighted by atomic mass is 10.0.